The zero-order chi connectivity index (χ0) is 20.5. The van der Waals surface area contributed by atoms with E-state index in [1.165, 1.54) is 6.08 Å². The van der Waals surface area contributed by atoms with E-state index in [2.05, 4.69) is 6.07 Å². The zero-order valence-corrected chi connectivity index (χ0v) is 16.9. The quantitative estimate of drug-likeness (QED) is 0.615. The summed E-state index contributed by atoms with van der Waals surface area (Å²) in [7, 11) is 0. The summed E-state index contributed by atoms with van der Waals surface area (Å²) in [5, 5.41) is 20.0. The Morgan fingerprint density at radius 3 is 2.39 bits per heavy atom. The summed E-state index contributed by atoms with van der Waals surface area (Å²) in [4.78, 5) is 12.3. The van der Waals surface area contributed by atoms with Gasteiger partial charge in [0.05, 0.1) is 12.0 Å². The highest BCUT2D eigenvalue weighted by Crippen LogP contribution is 2.75. The van der Waals surface area contributed by atoms with Crippen molar-refractivity contribution in [2.24, 2.45) is 16.7 Å². The Balaban J connectivity index is 2.01. The molecule has 0 bridgehead atoms. The number of nitriles is 1. The van der Waals surface area contributed by atoms with E-state index in [1.54, 1.807) is 24.3 Å². The highest BCUT2D eigenvalue weighted by molar-refractivity contribution is 6.55. The molecule has 3 rings (SSSR count). The Bertz CT molecular complexity index is 961. The summed E-state index contributed by atoms with van der Waals surface area (Å²) in [5.41, 5.74) is -1.44. The van der Waals surface area contributed by atoms with Gasteiger partial charge in [0.2, 0.25) is 0 Å². The number of carboxylic acids is 1. The van der Waals surface area contributed by atoms with Crippen molar-refractivity contribution < 1.29 is 14.6 Å². The lowest BCUT2D eigenvalue weighted by atomic mass is 9.78. The highest BCUT2D eigenvalue weighted by atomic mass is 35.5. The second-order valence-electron chi connectivity index (χ2n) is 7.38. The first-order valence-corrected chi connectivity index (χ1v) is 9.49. The Morgan fingerprint density at radius 2 is 1.82 bits per heavy atom. The third-order valence-electron chi connectivity index (χ3n) is 5.65. The summed E-state index contributed by atoms with van der Waals surface area (Å²) in [6.45, 7) is 3.63. The Kier molecular flexibility index (Phi) is 5.43. The number of hydrogen-bond donors (Lipinski definition) is 1. The van der Waals surface area contributed by atoms with Crippen LogP contribution in [0.5, 0.6) is 11.5 Å². The molecule has 4 nitrogen and oxygen atoms in total. The fourth-order valence-corrected chi connectivity index (χ4v) is 4.46. The summed E-state index contributed by atoms with van der Waals surface area (Å²) in [6, 6.07) is 18.4. The lowest BCUT2D eigenvalue weighted by Gasteiger charge is -2.22. The lowest BCUT2D eigenvalue weighted by molar-refractivity contribution is -0.145. The number of ether oxygens (including phenoxy) is 1. The molecule has 2 aromatic carbocycles. The van der Waals surface area contributed by atoms with E-state index in [0.29, 0.717) is 17.1 Å². The van der Waals surface area contributed by atoms with E-state index in [9.17, 15) is 15.2 Å². The van der Waals surface area contributed by atoms with Crippen LogP contribution in [0.3, 0.4) is 0 Å². The fraction of sp³-hybridized carbons (Fsp3) is 0.273. The Labute approximate surface area is 174 Å². The van der Waals surface area contributed by atoms with Gasteiger partial charge in [-0.1, -0.05) is 67.4 Å². The van der Waals surface area contributed by atoms with E-state index >= 15 is 0 Å². The van der Waals surface area contributed by atoms with Crippen molar-refractivity contribution in [3.63, 3.8) is 0 Å². The number of carboxylic acid groups (broad SMARTS) is 1. The maximum atomic E-state index is 12.3. The SMILES string of the molecule is CC1(C)[C@@H](C=C(Cl)Cl)[C@]1(C(=O)O)[C@@H](C#N)c1cccc(Oc2ccccc2)c1. The van der Waals surface area contributed by atoms with Gasteiger partial charge in [0.15, 0.2) is 0 Å². The molecule has 0 radical (unpaired) electrons. The number of nitrogens with zero attached hydrogens (tertiary/aromatic N) is 1. The zero-order valence-electron chi connectivity index (χ0n) is 15.4. The molecule has 0 spiro atoms. The summed E-state index contributed by atoms with van der Waals surface area (Å²) in [6.07, 6.45) is 1.52. The molecule has 0 amide bonds. The molecule has 1 saturated carbocycles. The van der Waals surface area contributed by atoms with E-state index in [0.717, 1.165) is 0 Å². The summed E-state index contributed by atoms with van der Waals surface area (Å²) >= 11 is 11.6. The molecule has 0 aromatic heterocycles. The maximum absolute atomic E-state index is 12.3. The number of aliphatic carboxylic acids is 1. The number of rotatable bonds is 6. The molecule has 6 heteroatoms. The number of benzene rings is 2. The Hall–Kier alpha value is -2.48. The maximum Gasteiger partial charge on any atom is 0.312 e. The van der Waals surface area contributed by atoms with Crippen molar-refractivity contribution in [1.82, 2.24) is 0 Å². The van der Waals surface area contributed by atoms with Gasteiger partial charge in [-0.2, -0.15) is 5.26 Å². The van der Waals surface area contributed by atoms with Gasteiger partial charge < -0.3 is 9.84 Å². The van der Waals surface area contributed by atoms with Gasteiger partial charge in [0, 0.05) is 5.92 Å². The average Bonchev–Trinajstić information content (AvgIpc) is 3.12. The van der Waals surface area contributed by atoms with Crippen LogP contribution in [0.1, 0.15) is 25.3 Å². The minimum absolute atomic E-state index is 0.000878. The number of para-hydroxylation sites is 1. The Morgan fingerprint density at radius 1 is 1.18 bits per heavy atom. The van der Waals surface area contributed by atoms with Crippen molar-refractivity contribution in [2.45, 2.75) is 19.8 Å². The predicted molar refractivity (Wildman–Crippen MR) is 108 cm³/mol. The predicted octanol–water partition coefficient (Wildman–Crippen LogP) is 6.13. The third kappa shape index (κ3) is 3.26. The molecule has 0 saturated heterocycles. The van der Waals surface area contributed by atoms with Crippen molar-refractivity contribution in [3.05, 3.63) is 70.7 Å². The largest absolute Gasteiger partial charge is 0.481 e. The molecule has 1 aliphatic rings. The van der Waals surface area contributed by atoms with Gasteiger partial charge in [-0.25, -0.2) is 0 Å². The van der Waals surface area contributed by atoms with Crippen LogP contribution in [0.25, 0.3) is 0 Å². The number of carbonyl (C=O) groups is 1. The molecule has 1 N–H and O–H groups in total. The third-order valence-corrected chi connectivity index (χ3v) is 5.90. The van der Waals surface area contributed by atoms with E-state index < -0.39 is 28.6 Å². The van der Waals surface area contributed by atoms with Crippen LogP contribution in [-0.2, 0) is 4.79 Å². The van der Waals surface area contributed by atoms with Gasteiger partial charge >= 0.3 is 5.97 Å². The van der Waals surface area contributed by atoms with Crippen LogP contribution < -0.4 is 4.74 Å². The molecule has 2 aromatic rings. The molecule has 1 aliphatic carbocycles. The van der Waals surface area contributed by atoms with Crippen LogP contribution in [0.15, 0.2) is 65.2 Å². The minimum atomic E-state index is -1.33. The standard InChI is InChI=1S/C22H19Cl2NO3/c1-21(2)18(12-19(23)24)22(21,20(26)27)17(13-25)14-7-6-10-16(11-14)28-15-8-4-3-5-9-15/h3-12,17-18H,1-2H3,(H,26,27)/t17-,18+,22-/m0/s1. The van der Waals surface area contributed by atoms with Crippen LogP contribution in [0.4, 0.5) is 0 Å². The molecule has 28 heavy (non-hydrogen) atoms. The summed E-state index contributed by atoms with van der Waals surface area (Å²) < 4.78 is 5.84. The van der Waals surface area contributed by atoms with E-state index in [1.807, 2.05) is 44.2 Å². The average molecular weight is 416 g/mol. The van der Waals surface area contributed by atoms with Crippen molar-refractivity contribution in [1.29, 1.82) is 5.26 Å². The van der Waals surface area contributed by atoms with E-state index in [4.69, 9.17) is 27.9 Å². The first kappa shape index (κ1) is 20.3. The van der Waals surface area contributed by atoms with Gasteiger partial charge in [0.25, 0.3) is 0 Å². The van der Waals surface area contributed by atoms with Crippen LogP contribution in [-0.4, -0.2) is 11.1 Å². The number of hydrogen-bond acceptors (Lipinski definition) is 3. The number of allylic oxidation sites excluding steroid dienone is 1. The molecule has 0 aliphatic heterocycles. The van der Waals surface area contributed by atoms with Gasteiger partial charge in [-0.3, -0.25) is 4.79 Å². The minimum Gasteiger partial charge on any atom is -0.481 e. The molecule has 3 atom stereocenters. The van der Waals surface area contributed by atoms with Crippen LogP contribution >= 0.6 is 23.2 Å². The molecule has 0 heterocycles. The topological polar surface area (TPSA) is 70.3 Å². The molecule has 0 unspecified atom stereocenters. The molecular formula is C22H19Cl2NO3. The first-order valence-electron chi connectivity index (χ1n) is 8.73. The first-order chi connectivity index (χ1) is 13.2. The van der Waals surface area contributed by atoms with Crippen molar-refractivity contribution in [2.75, 3.05) is 0 Å². The van der Waals surface area contributed by atoms with Crippen LogP contribution in [0, 0.1) is 28.1 Å². The lowest BCUT2D eigenvalue weighted by Crippen LogP contribution is -2.28. The second kappa shape index (κ2) is 7.50. The molecule has 144 valence electrons. The van der Waals surface area contributed by atoms with Crippen molar-refractivity contribution in [3.8, 4) is 17.6 Å². The monoisotopic (exact) mass is 415 g/mol. The normalized spacial score (nSPS) is 23.2. The smallest absolute Gasteiger partial charge is 0.312 e. The molecular weight excluding hydrogens is 397 g/mol. The fourth-order valence-electron chi connectivity index (χ4n) is 4.21. The van der Waals surface area contributed by atoms with Gasteiger partial charge in [-0.15, -0.1) is 0 Å². The summed E-state index contributed by atoms with van der Waals surface area (Å²) in [5.74, 6) is -1.22. The second-order valence-corrected chi connectivity index (χ2v) is 8.39. The van der Waals surface area contributed by atoms with Gasteiger partial charge in [0.1, 0.15) is 21.4 Å². The van der Waals surface area contributed by atoms with E-state index in [-0.39, 0.29) is 4.49 Å². The van der Waals surface area contributed by atoms with Crippen LogP contribution in [0.2, 0.25) is 0 Å². The van der Waals surface area contributed by atoms with Gasteiger partial charge in [-0.05, 0) is 41.3 Å². The number of halogens is 2. The van der Waals surface area contributed by atoms with Crippen molar-refractivity contribution >= 4 is 29.2 Å². The highest BCUT2D eigenvalue weighted by Gasteiger charge is 2.78. The molecule has 1 fully saturated rings.